The van der Waals surface area contributed by atoms with Crippen LogP contribution in [0, 0.1) is 5.92 Å². The SMILES string of the molecule is CC1CC1N1CC(N)CC1=O.Cl. The van der Waals surface area contributed by atoms with Crippen LogP contribution in [0.5, 0.6) is 0 Å². The zero-order chi connectivity index (χ0) is 8.01. The molecule has 2 fully saturated rings. The number of nitrogens with two attached hydrogens (primary N) is 1. The molecular formula is C8H15ClN2O. The summed E-state index contributed by atoms with van der Waals surface area (Å²) in [6, 6.07) is 0.617. The maximum atomic E-state index is 11.3. The van der Waals surface area contributed by atoms with E-state index in [2.05, 4.69) is 6.92 Å². The first kappa shape index (κ1) is 9.81. The third kappa shape index (κ3) is 1.57. The molecule has 12 heavy (non-hydrogen) atoms. The van der Waals surface area contributed by atoms with Gasteiger partial charge in [0, 0.05) is 25.0 Å². The lowest BCUT2D eigenvalue weighted by molar-refractivity contribution is -0.128. The number of likely N-dealkylation sites (tertiary alicyclic amines) is 1. The van der Waals surface area contributed by atoms with Crippen molar-refractivity contribution in [2.75, 3.05) is 6.54 Å². The molecule has 1 saturated heterocycles. The summed E-state index contributed by atoms with van der Waals surface area (Å²) in [5.74, 6) is 0.969. The lowest BCUT2D eigenvalue weighted by atomic mass is 10.3. The first-order valence-corrected chi connectivity index (χ1v) is 4.23. The number of rotatable bonds is 1. The normalized spacial score (nSPS) is 39.7. The van der Waals surface area contributed by atoms with Crippen LogP contribution >= 0.6 is 12.4 Å². The molecule has 0 aromatic carbocycles. The summed E-state index contributed by atoms with van der Waals surface area (Å²) < 4.78 is 0. The fourth-order valence-electron chi connectivity index (χ4n) is 1.82. The van der Waals surface area contributed by atoms with Crippen molar-refractivity contribution in [2.24, 2.45) is 11.7 Å². The largest absolute Gasteiger partial charge is 0.338 e. The van der Waals surface area contributed by atoms with Crippen LogP contribution in [-0.2, 0) is 4.79 Å². The number of carbonyl (C=O) groups excluding carboxylic acids is 1. The Morgan fingerprint density at radius 3 is 2.50 bits per heavy atom. The fourth-order valence-corrected chi connectivity index (χ4v) is 1.82. The van der Waals surface area contributed by atoms with Gasteiger partial charge in [-0.3, -0.25) is 4.79 Å². The molecular weight excluding hydrogens is 176 g/mol. The van der Waals surface area contributed by atoms with Gasteiger partial charge in [-0.2, -0.15) is 0 Å². The van der Waals surface area contributed by atoms with Gasteiger partial charge in [-0.15, -0.1) is 12.4 Å². The van der Waals surface area contributed by atoms with Gasteiger partial charge in [0.1, 0.15) is 0 Å². The van der Waals surface area contributed by atoms with Crippen molar-refractivity contribution < 1.29 is 4.79 Å². The summed E-state index contributed by atoms with van der Waals surface area (Å²) in [4.78, 5) is 13.2. The van der Waals surface area contributed by atoms with Gasteiger partial charge in [0.15, 0.2) is 0 Å². The molecule has 3 atom stereocenters. The molecule has 2 N–H and O–H groups in total. The molecule has 2 rings (SSSR count). The minimum Gasteiger partial charge on any atom is -0.338 e. The predicted octanol–water partition coefficient (Wildman–Crippen LogP) is 0.376. The highest BCUT2D eigenvalue weighted by atomic mass is 35.5. The molecule has 0 bridgehead atoms. The molecule has 3 nitrogen and oxygen atoms in total. The van der Waals surface area contributed by atoms with Crippen molar-refractivity contribution in [3.05, 3.63) is 0 Å². The van der Waals surface area contributed by atoms with Crippen molar-refractivity contribution in [2.45, 2.75) is 31.8 Å². The summed E-state index contributed by atoms with van der Waals surface area (Å²) in [6.45, 7) is 2.97. The highest BCUT2D eigenvalue weighted by Gasteiger charge is 2.43. The average molecular weight is 191 g/mol. The van der Waals surface area contributed by atoms with Gasteiger partial charge in [0.05, 0.1) is 0 Å². The van der Waals surface area contributed by atoms with E-state index < -0.39 is 0 Å². The Hall–Kier alpha value is -0.280. The summed E-state index contributed by atoms with van der Waals surface area (Å²) in [5, 5.41) is 0. The van der Waals surface area contributed by atoms with E-state index in [0.717, 1.165) is 6.54 Å². The minimum absolute atomic E-state index is 0. The second-order valence-corrected chi connectivity index (χ2v) is 3.79. The van der Waals surface area contributed by atoms with Crippen LogP contribution in [0.2, 0.25) is 0 Å². The maximum Gasteiger partial charge on any atom is 0.224 e. The van der Waals surface area contributed by atoms with E-state index in [9.17, 15) is 4.79 Å². The zero-order valence-electron chi connectivity index (χ0n) is 7.19. The molecule has 0 spiro atoms. The minimum atomic E-state index is 0. The van der Waals surface area contributed by atoms with Gasteiger partial charge >= 0.3 is 0 Å². The second-order valence-electron chi connectivity index (χ2n) is 3.79. The van der Waals surface area contributed by atoms with Crippen LogP contribution in [0.25, 0.3) is 0 Å². The molecule has 0 radical (unpaired) electrons. The lowest BCUT2D eigenvalue weighted by Gasteiger charge is -2.14. The highest BCUT2D eigenvalue weighted by Crippen LogP contribution is 2.36. The Kier molecular flexibility index (Phi) is 2.64. The van der Waals surface area contributed by atoms with Crippen LogP contribution in [0.1, 0.15) is 19.8 Å². The van der Waals surface area contributed by atoms with E-state index in [1.807, 2.05) is 4.90 Å². The van der Waals surface area contributed by atoms with Gasteiger partial charge in [-0.25, -0.2) is 0 Å². The van der Waals surface area contributed by atoms with Gasteiger partial charge in [0.2, 0.25) is 5.91 Å². The molecule has 3 unspecified atom stereocenters. The van der Waals surface area contributed by atoms with Crippen LogP contribution < -0.4 is 5.73 Å². The van der Waals surface area contributed by atoms with Crippen molar-refractivity contribution in [3.8, 4) is 0 Å². The number of carbonyl (C=O) groups is 1. The van der Waals surface area contributed by atoms with Crippen LogP contribution in [0.15, 0.2) is 0 Å². The van der Waals surface area contributed by atoms with Crippen LogP contribution in [0.4, 0.5) is 0 Å². The number of halogens is 1. The van der Waals surface area contributed by atoms with E-state index in [0.29, 0.717) is 18.4 Å². The molecule has 0 aromatic heterocycles. The fraction of sp³-hybridized carbons (Fsp3) is 0.875. The number of nitrogens with zero attached hydrogens (tertiary/aromatic N) is 1. The molecule has 1 aliphatic carbocycles. The molecule has 4 heteroatoms. The summed E-state index contributed by atoms with van der Waals surface area (Å²) in [7, 11) is 0. The molecule has 0 aromatic rings. The monoisotopic (exact) mass is 190 g/mol. The average Bonchev–Trinajstić information content (AvgIpc) is 2.52. The molecule has 1 aliphatic heterocycles. The summed E-state index contributed by atoms with van der Waals surface area (Å²) in [5.41, 5.74) is 5.66. The van der Waals surface area contributed by atoms with Crippen molar-refractivity contribution in [1.29, 1.82) is 0 Å². The van der Waals surface area contributed by atoms with Crippen molar-refractivity contribution in [1.82, 2.24) is 4.90 Å². The second kappa shape index (κ2) is 3.23. The van der Waals surface area contributed by atoms with Crippen LogP contribution in [0.3, 0.4) is 0 Å². The van der Waals surface area contributed by atoms with Crippen molar-refractivity contribution in [3.63, 3.8) is 0 Å². The Labute approximate surface area is 78.7 Å². The Morgan fingerprint density at radius 1 is 1.58 bits per heavy atom. The quantitative estimate of drug-likeness (QED) is 0.650. The molecule has 70 valence electrons. The molecule has 1 amide bonds. The first-order valence-electron chi connectivity index (χ1n) is 4.23. The predicted molar refractivity (Wildman–Crippen MR) is 49.1 cm³/mol. The van der Waals surface area contributed by atoms with E-state index in [1.54, 1.807) is 0 Å². The van der Waals surface area contributed by atoms with Gasteiger partial charge < -0.3 is 10.6 Å². The Bertz CT molecular complexity index is 197. The topological polar surface area (TPSA) is 46.3 Å². The Balaban J connectivity index is 0.000000720. The van der Waals surface area contributed by atoms with Gasteiger partial charge in [0.25, 0.3) is 0 Å². The van der Waals surface area contributed by atoms with Gasteiger partial charge in [-0.1, -0.05) is 6.92 Å². The third-order valence-electron chi connectivity index (χ3n) is 2.66. The molecule has 1 saturated carbocycles. The lowest BCUT2D eigenvalue weighted by Crippen LogP contribution is -2.30. The number of hydrogen-bond acceptors (Lipinski definition) is 2. The number of amides is 1. The Morgan fingerprint density at radius 2 is 2.17 bits per heavy atom. The summed E-state index contributed by atoms with van der Waals surface area (Å²) >= 11 is 0. The molecule has 2 aliphatic rings. The van der Waals surface area contributed by atoms with E-state index >= 15 is 0 Å². The standard InChI is InChI=1S/C8H14N2O.ClH/c1-5-2-7(5)10-4-6(9)3-8(10)11;/h5-7H,2-4,9H2,1H3;1H. The first-order chi connectivity index (χ1) is 5.18. The highest BCUT2D eigenvalue weighted by molar-refractivity contribution is 5.85. The van der Waals surface area contributed by atoms with E-state index in [1.165, 1.54) is 6.42 Å². The van der Waals surface area contributed by atoms with Crippen LogP contribution in [-0.4, -0.2) is 29.4 Å². The zero-order valence-corrected chi connectivity index (χ0v) is 8.01. The van der Waals surface area contributed by atoms with E-state index in [4.69, 9.17) is 5.73 Å². The van der Waals surface area contributed by atoms with Crippen molar-refractivity contribution >= 4 is 18.3 Å². The smallest absolute Gasteiger partial charge is 0.224 e. The number of hydrogen-bond donors (Lipinski definition) is 1. The third-order valence-corrected chi connectivity index (χ3v) is 2.66. The summed E-state index contributed by atoms with van der Waals surface area (Å²) in [6.07, 6.45) is 1.74. The van der Waals surface area contributed by atoms with Gasteiger partial charge in [-0.05, 0) is 12.3 Å². The van der Waals surface area contributed by atoms with E-state index in [-0.39, 0.29) is 24.4 Å². The molecule has 1 heterocycles. The maximum absolute atomic E-state index is 11.3.